The second kappa shape index (κ2) is 4.12. The predicted molar refractivity (Wildman–Crippen MR) is 60.5 cm³/mol. The summed E-state index contributed by atoms with van der Waals surface area (Å²) < 4.78 is 38.3. The van der Waals surface area contributed by atoms with Gasteiger partial charge in [0, 0.05) is 12.1 Å². The van der Waals surface area contributed by atoms with Gasteiger partial charge in [0.2, 0.25) is 0 Å². The number of alkyl halides is 3. The highest BCUT2D eigenvalue weighted by Crippen LogP contribution is 2.46. The maximum atomic E-state index is 12.8. The molecular formula is C12H21F3N2. The highest BCUT2D eigenvalue weighted by atomic mass is 19.4. The molecule has 0 aromatic rings. The van der Waals surface area contributed by atoms with Crippen LogP contribution in [0.15, 0.2) is 0 Å². The van der Waals surface area contributed by atoms with Crippen LogP contribution in [0.3, 0.4) is 0 Å². The number of halogens is 3. The van der Waals surface area contributed by atoms with Gasteiger partial charge in [0.15, 0.2) is 0 Å². The molecule has 100 valence electrons. The third kappa shape index (κ3) is 2.32. The zero-order valence-electron chi connectivity index (χ0n) is 10.3. The second-order valence-electron chi connectivity index (χ2n) is 6.05. The van der Waals surface area contributed by atoms with Crippen LogP contribution >= 0.6 is 0 Å². The number of rotatable bonds is 0. The minimum Gasteiger partial charge on any atom is -0.327 e. The molecule has 5 heteroatoms. The van der Waals surface area contributed by atoms with Crippen molar-refractivity contribution in [1.29, 1.82) is 0 Å². The second-order valence-corrected chi connectivity index (χ2v) is 6.05. The molecule has 2 aliphatic rings. The Hall–Kier alpha value is -0.290. The first kappa shape index (κ1) is 13.1. The number of nitrogens with two attached hydrogens (primary N) is 1. The Morgan fingerprint density at radius 1 is 1.29 bits per heavy atom. The van der Waals surface area contributed by atoms with E-state index in [0.29, 0.717) is 5.92 Å². The van der Waals surface area contributed by atoms with E-state index in [0.717, 1.165) is 19.3 Å². The SMILES string of the molecule is CC1CCC2NC(C(F)(F)F)CC(N)C2(C)C1. The summed E-state index contributed by atoms with van der Waals surface area (Å²) in [5, 5.41) is 2.78. The summed E-state index contributed by atoms with van der Waals surface area (Å²) in [6, 6.07) is -1.87. The van der Waals surface area contributed by atoms with Gasteiger partial charge in [-0.2, -0.15) is 13.2 Å². The quantitative estimate of drug-likeness (QED) is 0.693. The molecule has 1 heterocycles. The van der Waals surface area contributed by atoms with E-state index in [1.54, 1.807) is 0 Å². The average Bonchev–Trinajstić information content (AvgIpc) is 2.17. The van der Waals surface area contributed by atoms with Crippen LogP contribution in [0, 0.1) is 11.3 Å². The molecule has 0 amide bonds. The van der Waals surface area contributed by atoms with Gasteiger partial charge in [0.25, 0.3) is 0 Å². The smallest absolute Gasteiger partial charge is 0.327 e. The fraction of sp³-hybridized carbons (Fsp3) is 1.00. The summed E-state index contributed by atoms with van der Waals surface area (Å²) in [4.78, 5) is 0. The zero-order chi connectivity index (χ0) is 12.8. The number of fused-ring (bicyclic) bond motifs is 1. The molecule has 2 rings (SSSR count). The van der Waals surface area contributed by atoms with Gasteiger partial charge in [-0.1, -0.05) is 13.8 Å². The van der Waals surface area contributed by atoms with Gasteiger partial charge >= 0.3 is 6.18 Å². The van der Waals surface area contributed by atoms with Gasteiger partial charge in [-0.25, -0.2) is 0 Å². The van der Waals surface area contributed by atoms with E-state index < -0.39 is 12.2 Å². The molecule has 1 saturated heterocycles. The molecule has 0 bridgehead atoms. The Balaban J connectivity index is 2.16. The van der Waals surface area contributed by atoms with Crippen molar-refractivity contribution in [3.63, 3.8) is 0 Å². The molecule has 17 heavy (non-hydrogen) atoms. The lowest BCUT2D eigenvalue weighted by Crippen LogP contribution is -2.67. The van der Waals surface area contributed by atoms with Crippen molar-refractivity contribution in [3.05, 3.63) is 0 Å². The highest BCUT2D eigenvalue weighted by Gasteiger charge is 2.53. The topological polar surface area (TPSA) is 38.0 Å². The van der Waals surface area contributed by atoms with Crippen LogP contribution in [0.5, 0.6) is 0 Å². The van der Waals surface area contributed by atoms with Gasteiger partial charge in [-0.15, -0.1) is 0 Å². The Morgan fingerprint density at radius 2 is 1.94 bits per heavy atom. The molecule has 0 aromatic carbocycles. The van der Waals surface area contributed by atoms with Crippen molar-refractivity contribution in [2.75, 3.05) is 0 Å². The number of hydrogen-bond acceptors (Lipinski definition) is 2. The Morgan fingerprint density at radius 3 is 2.53 bits per heavy atom. The standard InChI is InChI=1S/C12H21F3N2/c1-7-3-4-9-11(2,6-7)8(16)5-10(17-9)12(13,14)15/h7-10,17H,3-6,16H2,1-2H3. The largest absolute Gasteiger partial charge is 0.403 e. The zero-order valence-corrected chi connectivity index (χ0v) is 10.3. The molecule has 0 spiro atoms. The maximum absolute atomic E-state index is 12.8. The first-order valence-electron chi connectivity index (χ1n) is 6.32. The molecule has 5 unspecified atom stereocenters. The first-order chi connectivity index (χ1) is 7.73. The normalized spacial score (nSPS) is 47.6. The van der Waals surface area contributed by atoms with Crippen LogP contribution in [-0.2, 0) is 0 Å². The lowest BCUT2D eigenvalue weighted by Gasteiger charge is -2.53. The van der Waals surface area contributed by atoms with E-state index in [1.165, 1.54) is 0 Å². The lowest BCUT2D eigenvalue weighted by molar-refractivity contribution is -0.175. The summed E-state index contributed by atoms with van der Waals surface area (Å²) in [7, 11) is 0. The molecule has 5 atom stereocenters. The van der Waals surface area contributed by atoms with E-state index in [4.69, 9.17) is 5.73 Å². The Labute approximate surface area is 100 Å². The number of nitrogens with one attached hydrogen (secondary N) is 1. The Kier molecular flexibility index (Phi) is 3.19. The minimum absolute atomic E-state index is 0.00319. The van der Waals surface area contributed by atoms with Crippen LogP contribution in [-0.4, -0.2) is 24.3 Å². The first-order valence-corrected chi connectivity index (χ1v) is 6.32. The fourth-order valence-electron chi connectivity index (χ4n) is 3.52. The van der Waals surface area contributed by atoms with E-state index in [9.17, 15) is 13.2 Å². The van der Waals surface area contributed by atoms with E-state index >= 15 is 0 Å². The molecule has 2 nitrogen and oxygen atoms in total. The van der Waals surface area contributed by atoms with Crippen LogP contribution in [0.1, 0.15) is 39.5 Å². The van der Waals surface area contributed by atoms with Crippen LogP contribution in [0.25, 0.3) is 0 Å². The minimum atomic E-state index is -4.18. The summed E-state index contributed by atoms with van der Waals surface area (Å²) in [5.41, 5.74) is 5.85. The number of hydrogen-bond donors (Lipinski definition) is 2. The van der Waals surface area contributed by atoms with Crippen LogP contribution in [0.2, 0.25) is 0 Å². The van der Waals surface area contributed by atoms with Crippen molar-refractivity contribution in [2.45, 2.75) is 63.8 Å². The van der Waals surface area contributed by atoms with Gasteiger partial charge in [-0.05, 0) is 37.0 Å². The van der Waals surface area contributed by atoms with Crippen molar-refractivity contribution in [3.8, 4) is 0 Å². The average molecular weight is 250 g/mol. The monoisotopic (exact) mass is 250 g/mol. The maximum Gasteiger partial charge on any atom is 0.403 e. The molecule has 1 aliphatic carbocycles. The van der Waals surface area contributed by atoms with Gasteiger partial charge in [-0.3, -0.25) is 0 Å². The summed E-state index contributed by atoms with van der Waals surface area (Å²) in [6.45, 7) is 4.20. The van der Waals surface area contributed by atoms with Crippen LogP contribution in [0.4, 0.5) is 13.2 Å². The van der Waals surface area contributed by atoms with Gasteiger partial charge in [0.05, 0.1) is 0 Å². The molecular weight excluding hydrogens is 229 g/mol. The van der Waals surface area contributed by atoms with Crippen molar-refractivity contribution >= 4 is 0 Å². The van der Waals surface area contributed by atoms with E-state index in [2.05, 4.69) is 12.2 Å². The van der Waals surface area contributed by atoms with Gasteiger partial charge in [0.1, 0.15) is 6.04 Å². The molecule has 0 aromatic heterocycles. The van der Waals surface area contributed by atoms with E-state index in [1.807, 2.05) is 6.92 Å². The van der Waals surface area contributed by atoms with Crippen molar-refractivity contribution in [2.24, 2.45) is 17.1 Å². The fourth-order valence-corrected chi connectivity index (χ4v) is 3.52. The summed E-state index contributed by atoms with van der Waals surface area (Å²) in [6.07, 6.45) is -1.45. The van der Waals surface area contributed by atoms with E-state index in [-0.39, 0.29) is 23.9 Å². The summed E-state index contributed by atoms with van der Waals surface area (Å²) >= 11 is 0. The number of piperidine rings is 1. The Bertz CT molecular complexity index is 292. The lowest BCUT2D eigenvalue weighted by atomic mass is 9.61. The van der Waals surface area contributed by atoms with Crippen molar-refractivity contribution < 1.29 is 13.2 Å². The predicted octanol–water partition coefficient (Wildman–Crippen LogP) is 2.43. The molecule has 1 saturated carbocycles. The third-order valence-electron chi connectivity index (χ3n) is 4.67. The molecule has 3 N–H and O–H groups in total. The molecule has 2 fully saturated rings. The van der Waals surface area contributed by atoms with Crippen LogP contribution < -0.4 is 11.1 Å². The summed E-state index contributed by atoms with van der Waals surface area (Å²) in [5.74, 6) is 0.562. The molecule has 0 radical (unpaired) electrons. The molecule has 1 aliphatic heterocycles. The highest BCUT2D eigenvalue weighted by molar-refractivity contribution is 5.06. The third-order valence-corrected chi connectivity index (χ3v) is 4.67. The van der Waals surface area contributed by atoms with Crippen molar-refractivity contribution in [1.82, 2.24) is 5.32 Å². The van der Waals surface area contributed by atoms with Gasteiger partial charge < -0.3 is 11.1 Å².